The number of nitrogens with zero attached hydrogens (tertiary/aromatic N) is 3. The molecule has 0 unspecified atom stereocenters. The minimum atomic E-state index is 0.0529. The molecule has 2 heterocycles. The molecule has 2 aromatic rings. The van der Waals surface area contributed by atoms with Crippen molar-refractivity contribution in [3.05, 3.63) is 18.0 Å². The van der Waals surface area contributed by atoms with Gasteiger partial charge in [-0.2, -0.15) is 4.98 Å². The first-order valence-corrected chi connectivity index (χ1v) is 8.66. The van der Waals surface area contributed by atoms with Crippen molar-refractivity contribution in [3.8, 4) is 28.6 Å². The Morgan fingerprint density at radius 2 is 1.93 bits per heavy atom. The van der Waals surface area contributed by atoms with E-state index in [1.54, 1.807) is 27.4 Å². The molecule has 1 saturated heterocycles. The van der Waals surface area contributed by atoms with Gasteiger partial charge in [-0.15, -0.1) is 0 Å². The summed E-state index contributed by atoms with van der Waals surface area (Å²) in [5.41, 5.74) is 0.664. The number of hydrogen-bond donors (Lipinski definition) is 0. The van der Waals surface area contributed by atoms with Gasteiger partial charge in [-0.05, 0) is 19.2 Å². The van der Waals surface area contributed by atoms with Crippen LogP contribution in [0.4, 0.5) is 0 Å². The Morgan fingerprint density at radius 3 is 2.59 bits per heavy atom. The van der Waals surface area contributed by atoms with Gasteiger partial charge in [0.1, 0.15) is 0 Å². The summed E-state index contributed by atoms with van der Waals surface area (Å²) in [6, 6.07) is 3.59. The lowest BCUT2D eigenvalue weighted by Crippen LogP contribution is -2.38. The van der Waals surface area contributed by atoms with Crippen molar-refractivity contribution >= 4 is 0 Å². The van der Waals surface area contributed by atoms with E-state index < -0.39 is 0 Å². The third-order valence-electron chi connectivity index (χ3n) is 4.22. The summed E-state index contributed by atoms with van der Waals surface area (Å²) in [6.07, 6.45) is 0.0529. The molecule has 1 aliphatic heterocycles. The molecule has 1 fully saturated rings. The van der Waals surface area contributed by atoms with E-state index in [9.17, 15) is 0 Å². The van der Waals surface area contributed by atoms with E-state index >= 15 is 0 Å². The van der Waals surface area contributed by atoms with Gasteiger partial charge in [0, 0.05) is 6.54 Å². The predicted octanol–water partition coefficient (Wildman–Crippen LogP) is 1.61. The number of ether oxygens (including phenoxy) is 5. The van der Waals surface area contributed by atoms with Crippen molar-refractivity contribution in [3.63, 3.8) is 0 Å². The van der Waals surface area contributed by atoms with Crippen LogP contribution in [0.5, 0.6) is 17.2 Å². The molecular weight excluding hydrogens is 354 g/mol. The Morgan fingerprint density at radius 1 is 1.11 bits per heavy atom. The molecule has 0 N–H and O–H groups in total. The summed E-state index contributed by atoms with van der Waals surface area (Å²) >= 11 is 0. The molecule has 9 nitrogen and oxygen atoms in total. The molecule has 3 rings (SSSR count). The Labute approximate surface area is 158 Å². The lowest BCUT2D eigenvalue weighted by atomic mass is 10.1. The summed E-state index contributed by atoms with van der Waals surface area (Å²) in [4.78, 5) is 6.54. The molecule has 0 amide bonds. The minimum absolute atomic E-state index is 0.0529. The maximum atomic E-state index is 5.66. The molecular formula is C18H25N3O6. The quantitative estimate of drug-likeness (QED) is 0.678. The zero-order chi connectivity index (χ0) is 19.2. The number of methoxy groups -OCH3 is 3. The first kappa shape index (κ1) is 19.4. The van der Waals surface area contributed by atoms with Gasteiger partial charge in [0.25, 0.3) is 0 Å². The Kier molecular flexibility index (Phi) is 6.49. The van der Waals surface area contributed by atoms with E-state index in [-0.39, 0.29) is 6.10 Å². The van der Waals surface area contributed by atoms with Gasteiger partial charge >= 0.3 is 0 Å². The SMILES string of the molecule is COc1ccc(-c2noc(CN(C)C[C@H]3COCCO3)n2)c(OC)c1OC. The van der Waals surface area contributed by atoms with Crippen LogP contribution in [0.3, 0.4) is 0 Å². The fraction of sp³-hybridized carbons (Fsp3) is 0.556. The largest absolute Gasteiger partial charge is 0.493 e. The molecule has 0 spiro atoms. The van der Waals surface area contributed by atoms with Gasteiger partial charge in [-0.25, -0.2) is 0 Å². The second-order valence-electron chi connectivity index (χ2n) is 6.16. The van der Waals surface area contributed by atoms with Crippen molar-refractivity contribution in [2.45, 2.75) is 12.6 Å². The van der Waals surface area contributed by atoms with Crippen LogP contribution < -0.4 is 14.2 Å². The molecule has 0 bridgehead atoms. The van der Waals surface area contributed by atoms with Crippen LogP contribution in [-0.4, -0.2) is 75.9 Å². The van der Waals surface area contributed by atoms with Crippen LogP contribution >= 0.6 is 0 Å². The lowest BCUT2D eigenvalue weighted by Gasteiger charge is -2.26. The summed E-state index contributed by atoms with van der Waals surface area (Å²) in [5.74, 6) is 2.46. The Hall–Kier alpha value is -2.36. The summed E-state index contributed by atoms with van der Waals surface area (Å²) < 4.78 is 32.7. The van der Waals surface area contributed by atoms with Gasteiger partial charge in [0.05, 0.1) is 59.4 Å². The van der Waals surface area contributed by atoms with Crippen LogP contribution in [0.25, 0.3) is 11.4 Å². The maximum absolute atomic E-state index is 5.66. The Bertz CT molecular complexity index is 745. The highest BCUT2D eigenvalue weighted by Crippen LogP contribution is 2.43. The Balaban J connectivity index is 1.73. The zero-order valence-corrected chi connectivity index (χ0v) is 16.1. The molecule has 1 aliphatic rings. The highest BCUT2D eigenvalue weighted by molar-refractivity contribution is 5.71. The molecule has 0 aliphatic carbocycles. The van der Waals surface area contributed by atoms with Gasteiger partial charge in [0.15, 0.2) is 11.5 Å². The summed E-state index contributed by atoms with van der Waals surface area (Å²) in [6.45, 7) is 3.10. The molecule has 9 heteroatoms. The van der Waals surface area contributed by atoms with Gasteiger partial charge in [-0.3, -0.25) is 4.90 Å². The fourth-order valence-corrected chi connectivity index (χ4v) is 2.99. The zero-order valence-electron chi connectivity index (χ0n) is 16.1. The lowest BCUT2D eigenvalue weighted by molar-refractivity contribution is -0.0967. The smallest absolute Gasteiger partial charge is 0.241 e. The molecule has 1 atom stereocenters. The monoisotopic (exact) mass is 379 g/mol. The average molecular weight is 379 g/mol. The van der Waals surface area contributed by atoms with Gasteiger partial charge < -0.3 is 28.2 Å². The average Bonchev–Trinajstić information content (AvgIpc) is 3.15. The molecule has 148 valence electrons. The van der Waals surface area contributed by atoms with Crippen LogP contribution in [-0.2, 0) is 16.0 Å². The molecule has 0 saturated carbocycles. The standard InChI is InChI=1S/C18H25N3O6/c1-21(9-12-11-25-7-8-26-12)10-15-19-18(20-27-15)13-5-6-14(22-2)17(24-4)16(13)23-3/h5-6,12H,7-11H2,1-4H3/t12-/m0/s1. The summed E-state index contributed by atoms with van der Waals surface area (Å²) in [7, 11) is 6.65. The molecule has 27 heavy (non-hydrogen) atoms. The van der Waals surface area contributed by atoms with E-state index in [0.717, 1.165) is 6.54 Å². The third kappa shape index (κ3) is 4.49. The minimum Gasteiger partial charge on any atom is -0.493 e. The van der Waals surface area contributed by atoms with E-state index in [4.69, 9.17) is 28.2 Å². The van der Waals surface area contributed by atoms with Crippen molar-refractivity contribution in [2.75, 3.05) is 54.7 Å². The summed E-state index contributed by atoms with van der Waals surface area (Å²) in [5, 5.41) is 4.08. The van der Waals surface area contributed by atoms with Gasteiger partial charge in [-0.1, -0.05) is 5.16 Å². The number of likely N-dealkylation sites (N-methyl/N-ethyl adjacent to an activating group) is 1. The first-order valence-electron chi connectivity index (χ1n) is 8.66. The number of hydrogen-bond acceptors (Lipinski definition) is 9. The van der Waals surface area contributed by atoms with E-state index in [2.05, 4.69) is 15.0 Å². The number of benzene rings is 1. The normalized spacial score (nSPS) is 17.1. The topological polar surface area (TPSA) is 88.3 Å². The maximum Gasteiger partial charge on any atom is 0.241 e. The van der Waals surface area contributed by atoms with Crippen molar-refractivity contribution in [1.29, 1.82) is 0 Å². The van der Waals surface area contributed by atoms with E-state index in [0.29, 0.717) is 60.9 Å². The highest BCUT2D eigenvalue weighted by Gasteiger charge is 2.22. The second kappa shape index (κ2) is 9.03. The molecule has 1 aromatic heterocycles. The van der Waals surface area contributed by atoms with Crippen molar-refractivity contribution in [1.82, 2.24) is 15.0 Å². The van der Waals surface area contributed by atoms with Crippen LogP contribution in [0.1, 0.15) is 5.89 Å². The molecule has 0 radical (unpaired) electrons. The fourth-order valence-electron chi connectivity index (χ4n) is 2.99. The molecule has 1 aromatic carbocycles. The third-order valence-corrected chi connectivity index (χ3v) is 4.22. The van der Waals surface area contributed by atoms with Gasteiger partial charge in [0.2, 0.25) is 17.5 Å². The second-order valence-corrected chi connectivity index (χ2v) is 6.16. The van der Waals surface area contributed by atoms with E-state index in [1.165, 1.54) is 0 Å². The highest BCUT2D eigenvalue weighted by atomic mass is 16.6. The van der Waals surface area contributed by atoms with Crippen LogP contribution in [0.15, 0.2) is 16.7 Å². The number of rotatable bonds is 8. The van der Waals surface area contributed by atoms with Crippen LogP contribution in [0.2, 0.25) is 0 Å². The van der Waals surface area contributed by atoms with Crippen molar-refractivity contribution < 1.29 is 28.2 Å². The predicted molar refractivity (Wildman–Crippen MR) is 96.3 cm³/mol. The first-order chi connectivity index (χ1) is 13.2. The van der Waals surface area contributed by atoms with Crippen molar-refractivity contribution in [2.24, 2.45) is 0 Å². The van der Waals surface area contributed by atoms with E-state index in [1.807, 2.05) is 13.1 Å². The number of aromatic nitrogens is 2. The van der Waals surface area contributed by atoms with Crippen LogP contribution in [0, 0.1) is 0 Å².